The zero-order valence-corrected chi connectivity index (χ0v) is 16.3. The van der Waals surface area contributed by atoms with Crippen LogP contribution in [0.1, 0.15) is 37.8 Å². The number of hydrogen-bond donors (Lipinski definition) is 0. The van der Waals surface area contributed by atoms with Gasteiger partial charge in [-0.15, -0.1) is 0 Å². The molecule has 0 saturated heterocycles. The molecule has 0 atom stereocenters. The third kappa shape index (κ3) is 3.20. The van der Waals surface area contributed by atoms with E-state index in [0.29, 0.717) is 44.1 Å². The van der Waals surface area contributed by atoms with Gasteiger partial charge in [0.05, 0.1) is 18.8 Å². The molecular weight excluding hydrogens is 368 g/mol. The average molecular weight is 390 g/mol. The molecule has 2 aliphatic rings. The first kappa shape index (κ1) is 17.7. The predicted molar refractivity (Wildman–Crippen MR) is 105 cm³/mol. The third-order valence-electron chi connectivity index (χ3n) is 5.65. The van der Waals surface area contributed by atoms with Crippen LogP contribution < -0.4 is 0 Å². The SMILES string of the molecule is Cn1ccc(C(=O)N2CCn3nc(C(=O)N4CCc5ccccc5C4)cc3C2)n1. The van der Waals surface area contributed by atoms with E-state index in [9.17, 15) is 9.59 Å². The van der Waals surface area contributed by atoms with Crippen molar-refractivity contribution in [1.82, 2.24) is 29.4 Å². The van der Waals surface area contributed by atoms with Crippen molar-refractivity contribution in [2.45, 2.75) is 26.1 Å². The number of carbonyl (C=O) groups excluding carboxylic acids is 2. The van der Waals surface area contributed by atoms with Crippen LogP contribution in [0.25, 0.3) is 0 Å². The monoisotopic (exact) mass is 390 g/mol. The quantitative estimate of drug-likeness (QED) is 0.664. The van der Waals surface area contributed by atoms with Crippen LogP contribution in [0.5, 0.6) is 0 Å². The number of aryl methyl sites for hydroxylation is 1. The van der Waals surface area contributed by atoms with Crippen LogP contribution >= 0.6 is 0 Å². The fourth-order valence-corrected chi connectivity index (χ4v) is 4.07. The van der Waals surface area contributed by atoms with Crippen molar-refractivity contribution < 1.29 is 9.59 Å². The van der Waals surface area contributed by atoms with Crippen LogP contribution in [0.3, 0.4) is 0 Å². The molecule has 3 aromatic rings. The summed E-state index contributed by atoms with van der Waals surface area (Å²) in [5.41, 5.74) is 4.27. The predicted octanol–water partition coefficient (Wildman–Crippen LogP) is 1.47. The number of amides is 2. The van der Waals surface area contributed by atoms with E-state index >= 15 is 0 Å². The third-order valence-corrected chi connectivity index (χ3v) is 5.65. The molecule has 0 saturated carbocycles. The lowest BCUT2D eigenvalue weighted by Gasteiger charge is -2.28. The molecule has 2 amide bonds. The van der Waals surface area contributed by atoms with E-state index in [0.717, 1.165) is 12.1 Å². The van der Waals surface area contributed by atoms with E-state index in [-0.39, 0.29) is 11.8 Å². The molecule has 0 bridgehead atoms. The molecule has 0 N–H and O–H groups in total. The van der Waals surface area contributed by atoms with Crippen molar-refractivity contribution in [3.8, 4) is 0 Å². The van der Waals surface area contributed by atoms with Crippen LogP contribution in [-0.4, -0.2) is 54.3 Å². The molecule has 8 heteroatoms. The van der Waals surface area contributed by atoms with Gasteiger partial charge in [0.15, 0.2) is 5.69 Å². The molecule has 29 heavy (non-hydrogen) atoms. The Morgan fingerprint density at radius 2 is 1.62 bits per heavy atom. The van der Waals surface area contributed by atoms with Gasteiger partial charge in [-0.3, -0.25) is 19.0 Å². The fourth-order valence-electron chi connectivity index (χ4n) is 4.07. The Morgan fingerprint density at radius 3 is 2.41 bits per heavy atom. The molecule has 8 nitrogen and oxygen atoms in total. The number of benzene rings is 1. The average Bonchev–Trinajstić information content (AvgIpc) is 3.38. The first-order chi connectivity index (χ1) is 14.1. The van der Waals surface area contributed by atoms with E-state index in [2.05, 4.69) is 22.3 Å². The summed E-state index contributed by atoms with van der Waals surface area (Å²) in [4.78, 5) is 29.3. The molecule has 0 aliphatic carbocycles. The lowest BCUT2D eigenvalue weighted by molar-refractivity contribution is 0.0693. The topological polar surface area (TPSA) is 76.3 Å². The second-order valence-corrected chi connectivity index (χ2v) is 7.59. The summed E-state index contributed by atoms with van der Waals surface area (Å²) in [5, 5.41) is 8.72. The number of hydrogen-bond acceptors (Lipinski definition) is 4. The van der Waals surface area contributed by atoms with E-state index in [1.165, 1.54) is 11.1 Å². The van der Waals surface area contributed by atoms with Crippen molar-refractivity contribution in [3.05, 3.63) is 70.8 Å². The highest BCUT2D eigenvalue weighted by molar-refractivity contribution is 5.93. The van der Waals surface area contributed by atoms with Gasteiger partial charge in [-0.05, 0) is 29.7 Å². The van der Waals surface area contributed by atoms with Crippen LogP contribution in [0.4, 0.5) is 0 Å². The van der Waals surface area contributed by atoms with Gasteiger partial charge in [0.1, 0.15) is 5.69 Å². The van der Waals surface area contributed by atoms with Gasteiger partial charge in [-0.1, -0.05) is 24.3 Å². The van der Waals surface area contributed by atoms with Gasteiger partial charge in [-0.2, -0.15) is 10.2 Å². The molecule has 4 heterocycles. The maximum atomic E-state index is 13.0. The van der Waals surface area contributed by atoms with Crippen molar-refractivity contribution in [2.75, 3.05) is 13.1 Å². The van der Waals surface area contributed by atoms with Crippen molar-refractivity contribution in [2.24, 2.45) is 7.05 Å². The zero-order valence-electron chi connectivity index (χ0n) is 16.3. The molecule has 0 unspecified atom stereocenters. The Bertz CT molecular complexity index is 1100. The number of fused-ring (bicyclic) bond motifs is 2. The fraction of sp³-hybridized carbons (Fsp3) is 0.333. The molecule has 2 aromatic heterocycles. The smallest absolute Gasteiger partial charge is 0.274 e. The number of aromatic nitrogens is 4. The minimum atomic E-state index is -0.0986. The Morgan fingerprint density at radius 1 is 0.862 bits per heavy atom. The van der Waals surface area contributed by atoms with Crippen molar-refractivity contribution in [1.29, 1.82) is 0 Å². The Labute approximate surface area is 168 Å². The van der Waals surface area contributed by atoms with Crippen molar-refractivity contribution >= 4 is 11.8 Å². The molecule has 148 valence electrons. The standard InChI is InChI=1S/C21H22N6O2/c1-24-8-7-18(22-24)20(28)26-10-11-27-17(14-26)12-19(23-27)21(29)25-9-6-15-4-2-3-5-16(15)13-25/h2-5,7-8,12H,6,9-11,13-14H2,1H3. The largest absolute Gasteiger partial charge is 0.333 e. The highest BCUT2D eigenvalue weighted by atomic mass is 16.2. The van der Waals surface area contributed by atoms with Crippen molar-refractivity contribution in [3.63, 3.8) is 0 Å². The Hall–Kier alpha value is -3.42. The molecule has 0 fully saturated rings. The lowest BCUT2D eigenvalue weighted by Crippen LogP contribution is -2.38. The summed E-state index contributed by atoms with van der Waals surface area (Å²) >= 11 is 0. The van der Waals surface area contributed by atoms with E-state index in [4.69, 9.17) is 0 Å². The van der Waals surface area contributed by atoms with Crippen LogP contribution in [0, 0.1) is 0 Å². The van der Waals surface area contributed by atoms with Crippen LogP contribution in [-0.2, 0) is 33.1 Å². The summed E-state index contributed by atoms with van der Waals surface area (Å²) in [6.45, 7) is 2.86. The molecule has 1 aromatic carbocycles. The minimum Gasteiger partial charge on any atom is -0.333 e. The van der Waals surface area contributed by atoms with Gasteiger partial charge < -0.3 is 9.80 Å². The normalized spacial score (nSPS) is 15.8. The molecular formula is C21H22N6O2. The zero-order chi connectivity index (χ0) is 20.0. The summed E-state index contributed by atoms with van der Waals surface area (Å²) in [6, 6.07) is 11.8. The second-order valence-electron chi connectivity index (χ2n) is 7.59. The van der Waals surface area contributed by atoms with Crippen LogP contribution in [0.2, 0.25) is 0 Å². The molecule has 2 aliphatic heterocycles. The van der Waals surface area contributed by atoms with Gasteiger partial charge in [-0.25, -0.2) is 0 Å². The highest BCUT2D eigenvalue weighted by Crippen LogP contribution is 2.22. The maximum Gasteiger partial charge on any atom is 0.274 e. The summed E-state index contributed by atoms with van der Waals surface area (Å²) in [7, 11) is 1.79. The molecule has 0 spiro atoms. The van der Waals surface area contributed by atoms with Gasteiger partial charge in [0.25, 0.3) is 11.8 Å². The lowest BCUT2D eigenvalue weighted by atomic mass is 10.00. The van der Waals surface area contributed by atoms with E-state index < -0.39 is 0 Å². The van der Waals surface area contributed by atoms with E-state index in [1.54, 1.807) is 28.9 Å². The van der Waals surface area contributed by atoms with Gasteiger partial charge in [0.2, 0.25) is 0 Å². The molecule has 0 radical (unpaired) electrons. The second kappa shape index (κ2) is 6.88. The number of nitrogens with zero attached hydrogens (tertiary/aromatic N) is 6. The summed E-state index contributed by atoms with van der Waals surface area (Å²) < 4.78 is 3.46. The Kier molecular flexibility index (Phi) is 4.19. The van der Waals surface area contributed by atoms with Gasteiger partial charge >= 0.3 is 0 Å². The molecule has 5 rings (SSSR count). The number of carbonyl (C=O) groups is 2. The van der Waals surface area contributed by atoms with Crippen LogP contribution in [0.15, 0.2) is 42.6 Å². The van der Waals surface area contributed by atoms with Gasteiger partial charge in [0, 0.05) is 32.9 Å². The first-order valence-electron chi connectivity index (χ1n) is 9.80. The number of rotatable bonds is 2. The maximum absolute atomic E-state index is 13.0. The summed E-state index contributed by atoms with van der Waals surface area (Å²) in [5.74, 6) is -0.150. The Balaban J connectivity index is 1.32. The first-order valence-corrected chi connectivity index (χ1v) is 9.80. The van der Waals surface area contributed by atoms with E-state index in [1.807, 2.05) is 27.8 Å². The highest BCUT2D eigenvalue weighted by Gasteiger charge is 2.28. The minimum absolute atomic E-state index is 0.0518. The summed E-state index contributed by atoms with van der Waals surface area (Å²) in [6.07, 6.45) is 2.62.